The van der Waals surface area contributed by atoms with Gasteiger partial charge in [-0.1, -0.05) is 34.1 Å². The highest BCUT2D eigenvalue weighted by atomic mass is 79.9. The highest BCUT2D eigenvalue weighted by Gasteiger charge is 2.46. The molecule has 0 N–H and O–H groups in total. The second kappa shape index (κ2) is 4.64. The molecule has 1 atom stereocenters. The van der Waals surface area contributed by atoms with Crippen LogP contribution in [-0.2, 0) is 19.0 Å². The van der Waals surface area contributed by atoms with Gasteiger partial charge in [0, 0.05) is 16.5 Å². The van der Waals surface area contributed by atoms with E-state index >= 15 is 0 Å². The van der Waals surface area contributed by atoms with Crippen LogP contribution in [0.2, 0.25) is 0 Å². The molecule has 2 fully saturated rings. The van der Waals surface area contributed by atoms with Crippen LogP contribution >= 0.6 is 15.9 Å². The quantitative estimate of drug-likeness (QED) is 0.748. The van der Waals surface area contributed by atoms with Crippen molar-refractivity contribution in [1.29, 1.82) is 0 Å². The first-order valence-electron chi connectivity index (χ1n) is 5.90. The van der Waals surface area contributed by atoms with Crippen molar-refractivity contribution in [2.45, 2.75) is 24.7 Å². The van der Waals surface area contributed by atoms with Gasteiger partial charge in [0.15, 0.2) is 5.79 Å². The van der Waals surface area contributed by atoms with E-state index in [9.17, 15) is 4.79 Å². The molecule has 2 heterocycles. The Kier molecular flexibility index (Phi) is 3.13. The van der Waals surface area contributed by atoms with Gasteiger partial charge in [-0.2, -0.15) is 0 Å². The zero-order valence-corrected chi connectivity index (χ0v) is 11.3. The molecule has 2 aliphatic heterocycles. The van der Waals surface area contributed by atoms with Crippen molar-refractivity contribution in [1.82, 2.24) is 0 Å². The van der Waals surface area contributed by atoms with Crippen LogP contribution in [0.3, 0.4) is 0 Å². The first-order chi connectivity index (χ1) is 8.69. The van der Waals surface area contributed by atoms with E-state index in [-0.39, 0.29) is 18.5 Å². The van der Waals surface area contributed by atoms with Crippen molar-refractivity contribution < 1.29 is 19.0 Å². The minimum absolute atomic E-state index is 0.175. The summed E-state index contributed by atoms with van der Waals surface area (Å²) in [5.74, 6) is -1.06. The number of carbonyl (C=O) groups excluding carboxylic acids is 1. The van der Waals surface area contributed by atoms with E-state index in [4.69, 9.17) is 14.2 Å². The molecule has 5 heteroatoms. The second-order valence-electron chi connectivity index (χ2n) is 4.49. The van der Waals surface area contributed by atoms with E-state index in [1.807, 2.05) is 24.3 Å². The summed E-state index contributed by atoms with van der Waals surface area (Å²) in [7, 11) is 0. The Balaban J connectivity index is 1.89. The first kappa shape index (κ1) is 12.1. The largest absolute Gasteiger partial charge is 0.457 e. The molecule has 1 spiro atoms. The van der Waals surface area contributed by atoms with Crippen LogP contribution in [0, 0.1) is 0 Å². The fourth-order valence-corrected chi connectivity index (χ4v) is 2.98. The van der Waals surface area contributed by atoms with Crippen molar-refractivity contribution in [3.8, 4) is 0 Å². The number of halogens is 1. The van der Waals surface area contributed by atoms with Gasteiger partial charge in [-0.25, -0.2) is 0 Å². The lowest BCUT2D eigenvalue weighted by atomic mass is 9.96. The van der Waals surface area contributed by atoms with Crippen LogP contribution in [0.15, 0.2) is 28.7 Å². The van der Waals surface area contributed by atoms with Gasteiger partial charge in [0.2, 0.25) is 0 Å². The lowest BCUT2D eigenvalue weighted by Gasteiger charge is -2.35. The van der Waals surface area contributed by atoms with E-state index in [1.54, 1.807) is 0 Å². The molecule has 0 bridgehead atoms. The van der Waals surface area contributed by atoms with Crippen LogP contribution in [0.25, 0.3) is 0 Å². The number of benzene rings is 1. The molecule has 1 aromatic rings. The highest BCUT2D eigenvalue weighted by molar-refractivity contribution is 9.10. The SMILES string of the molecule is O=C1CC2(CC(c3ccccc3Br)O1)OCCO2. The molecule has 0 aromatic heterocycles. The van der Waals surface area contributed by atoms with Crippen LogP contribution in [0.4, 0.5) is 0 Å². The van der Waals surface area contributed by atoms with E-state index in [0.717, 1.165) is 10.0 Å². The smallest absolute Gasteiger partial charge is 0.311 e. The topological polar surface area (TPSA) is 44.8 Å². The molecule has 0 aliphatic carbocycles. The molecule has 2 saturated heterocycles. The summed E-state index contributed by atoms with van der Waals surface area (Å²) in [4.78, 5) is 11.7. The summed E-state index contributed by atoms with van der Waals surface area (Å²) in [5.41, 5.74) is 0.948. The summed E-state index contributed by atoms with van der Waals surface area (Å²) in [6, 6.07) is 7.72. The zero-order chi connectivity index (χ0) is 12.6. The van der Waals surface area contributed by atoms with Crippen molar-refractivity contribution in [2.24, 2.45) is 0 Å². The zero-order valence-electron chi connectivity index (χ0n) is 9.73. The maximum Gasteiger partial charge on any atom is 0.311 e. The molecule has 0 radical (unpaired) electrons. The summed E-state index contributed by atoms with van der Waals surface area (Å²) in [5, 5.41) is 0. The lowest BCUT2D eigenvalue weighted by molar-refractivity contribution is -0.221. The van der Waals surface area contributed by atoms with Crippen LogP contribution in [0.5, 0.6) is 0 Å². The Hall–Kier alpha value is -0.910. The number of carbonyl (C=O) groups is 1. The number of hydrogen-bond acceptors (Lipinski definition) is 4. The van der Waals surface area contributed by atoms with Gasteiger partial charge in [-0.15, -0.1) is 0 Å². The second-order valence-corrected chi connectivity index (χ2v) is 5.34. The van der Waals surface area contributed by atoms with E-state index in [0.29, 0.717) is 19.6 Å². The number of esters is 1. The highest BCUT2D eigenvalue weighted by Crippen LogP contribution is 2.41. The standard InChI is InChI=1S/C13H13BrO4/c14-10-4-2-1-3-9(10)11-7-13(8-12(15)18-11)16-5-6-17-13/h1-4,11H,5-8H2. The predicted molar refractivity (Wildman–Crippen MR) is 66.8 cm³/mol. The summed E-state index contributed by atoms with van der Waals surface area (Å²) in [6.45, 7) is 1.08. The molecule has 1 aromatic carbocycles. The molecule has 0 saturated carbocycles. The average Bonchev–Trinajstić information content (AvgIpc) is 2.76. The van der Waals surface area contributed by atoms with Crippen molar-refractivity contribution in [3.63, 3.8) is 0 Å². The maximum atomic E-state index is 11.7. The third-order valence-electron chi connectivity index (χ3n) is 3.25. The number of hydrogen-bond donors (Lipinski definition) is 0. The fraction of sp³-hybridized carbons (Fsp3) is 0.462. The van der Waals surface area contributed by atoms with E-state index < -0.39 is 5.79 Å². The molecule has 1 unspecified atom stereocenters. The van der Waals surface area contributed by atoms with Crippen molar-refractivity contribution in [3.05, 3.63) is 34.3 Å². The Bertz CT molecular complexity index is 468. The Morgan fingerprint density at radius 1 is 1.22 bits per heavy atom. The monoisotopic (exact) mass is 312 g/mol. The number of rotatable bonds is 1. The molecule has 3 rings (SSSR count). The molecule has 18 heavy (non-hydrogen) atoms. The lowest BCUT2D eigenvalue weighted by Crippen LogP contribution is -2.41. The summed E-state index contributed by atoms with van der Waals surface area (Å²) >= 11 is 3.48. The predicted octanol–water partition coefficient (Wildman–Crippen LogP) is 2.57. The minimum Gasteiger partial charge on any atom is -0.457 e. The Morgan fingerprint density at radius 3 is 2.67 bits per heavy atom. The molecule has 4 nitrogen and oxygen atoms in total. The normalized spacial score (nSPS) is 26.3. The first-order valence-corrected chi connectivity index (χ1v) is 6.70. The van der Waals surface area contributed by atoms with Crippen molar-refractivity contribution >= 4 is 21.9 Å². The Labute approximate surface area is 113 Å². The van der Waals surface area contributed by atoms with Crippen LogP contribution in [0.1, 0.15) is 24.5 Å². The van der Waals surface area contributed by atoms with Gasteiger partial charge in [0.1, 0.15) is 6.10 Å². The minimum atomic E-state index is -0.782. The molecular weight excluding hydrogens is 300 g/mol. The summed E-state index contributed by atoms with van der Waals surface area (Å²) in [6.07, 6.45) is 0.398. The molecule has 96 valence electrons. The average molecular weight is 313 g/mol. The summed E-state index contributed by atoms with van der Waals surface area (Å²) < 4.78 is 17.5. The number of ether oxygens (including phenoxy) is 3. The van der Waals surface area contributed by atoms with E-state index in [2.05, 4.69) is 15.9 Å². The van der Waals surface area contributed by atoms with Crippen molar-refractivity contribution in [2.75, 3.05) is 13.2 Å². The van der Waals surface area contributed by atoms with E-state index in [1.165, 1.54) is 0 Å². The molecular formula is C13H13BrO4. The fourth-order valence-electron chi connectivity index (χ4n) is 2.44. The maximum absolute atomic E-state index is 11.7. The van der Waals surface area contributed by atoms with Gasteiger partial charge in [0.25, 0.3) is 0 Å². The number of cyclic esters (lactones) is 1. The van der Waals surface area contributed by atoms with Gasteiger partial charge >= 0.3 is 5.97 Å². The van der Waals surface area contributed by atoms with Crippen LogP contribution < -0.4 is 0 Å². The Morgan fingerprint density at radius 2 is 1.94 bits per heavy atom. The van der Waals surface area contributed by atoms with Gasteiger partial charge < -0.3 is 14.2 Å². The van der Waals surface area contributed by atoms with Gasteiger partial charge in [-0.3, -0.25) is 4.79 Å². The third-order valence-corrected chi connectivity index (χ3v) is 3.97. The van der Waals surface area contributed by atoms with Gasteiger partial charge in [-0.05, 0) is 6.07 Å². The third kappa shape index (κ3) is 2.18. The van der Waals surface area contributed by atoms with Gasteiger partial charge in [0.05, 0.1) is 19.6 Å². The molecule has 2 aliphatic rings. The molecule has 0 amide bonds. The van der Waals surface area contributed by atoms with Crippen LogP contribution in [-0.4, -0.2) is 25.0 Å².